The van der Waals surface area contributed by atoms with E-state index in [1.54, 1.807) is 49.6 Å². The summed E-state index contributed by atoms with van der Waals surface area (Å²) in [5, 5.41) is 13.8. The van der Waals surface area contributed by atoms with E-state index in [9.17, 15) is 8.60 Å². The Balaban J connectivity index is 1.64. The van der Waals surface area contributed by atoms with Crippen molar-refractivity contribution in [2.75, 3.05) is 11.8 Å². The van der Waals surface area contributed by atoms with Gasteiger partial charge in [-0.1, -0.05) is 41.9 Å². The molecule has 1 N–H and O–H groups in total. The van der Waals surface area contributed by atoms with Crippen molar-refractivity contribution >= 4 is 39.3 Å². The van der Waals surface area contributed by atoms with Gasteiger partial charge >= 0.3 is 0 Å². The minimum Gasteiger partial charge on any atom is -0.496 e. The Kier molecular flexibility index (Phi) is 6.67. The lowest BCUT2D eigenvalue weighted by atomic mass is 9.94. The number of rotatable bonds is 7. The molecule has 0 saturated carbocycles. The molecule has 182 valence electrons. The maximum Gasteiger partial charge on any atom is 0.181 e. The Labute approximate surface area is 213 Å². The van der Waals surface area contributed by atoms with E-state index in [2.05, 4.69) is 20.1 Å². The first kappa shape index (κ1) is 23.9. The molecule has 0 radical (unpaired) electrons. The summed E-state index contributed by atoms with van der Waals surface area (Å²) in [6.07, 6.45) is 2.01. The van der Waals surface area contributed by atoms with Crippen LogP contribution in [0.4, 0.5) is 10.2 Å². The molecule has 10 heteroatoms. The summed E-state index contributed by atoms with van der Waals surface area (Å²) in [7, 11) is -0.00893. The molecule has 36 heavy (non-hydrogen) atoms. The number of halogens is 2. The van der Waals surface area contributed by atoms with Crippen LogP contribution in [-0.2, 0) is 17.4 Å². The molecule has 0 fully saturated rings. The molecule has 1 atom stereocenters. The Hall–Kier alpha value is -3.82. The van der Waals surface area contributed by atoms with E-state index in [0.717, 1.165) is 22.2 Å². The number of aryl methyl sites for hydroxylation is 1. The van der Waals surface area contributed by atoms with Crippen molar-refractivity contribution < 1.29 is 17.9 Å². The zero-order chi connectivity index (χ0) is 25.2. The SMILES string of the molecule is CCc1nnc2cc(S(=O)Nc3ccon3)ccc2c1-c1cc(Cl)c(-c2cccc(F)c2)cc1OC. The van der Waals surface area contributed by atoms with E-state index in [1.165, 1.54) is 18.4 Å². The summed E-state index contributed by atoms with van der Waals surface area (Å²) in [4.78, 5) is 0.501. The molecule has 0 aliphatic carbocycles. The van der Waals surface area contributed by atoms with Crippen LogP contribution < -0.4 is 9.46 Å². The third kappa shape index (κ3) is 4.55. The Morgan fingerprint density at radius 1 is 1.08 bits per heavy atom. The largest absolute Gasteiger partial charge is 0.496 e. The number of hydrogen-bond acceptors (Lipinski definition) is 6. The summed E-state index contributed by atoms with van der Waals surface area (Å²) in [5.74, 6) is 0.567. The molecule has 0 amide bonds. The molecule has 0 aliphatic heterocycles. The van der Waals surface area contributed by atoms with Gasteiger partial charge in [-0.2, -0.15) is 10.2 Å². The molecule has 5 aromatic rings. The summed E-state index contributed by atoms with van der Waals surface area (Å²) in [5.41, 5.74) is 4.15. The molecule has 5 rings (SSSR count). The second-order valence-electron chi connectivity index (χ2n) is 7.85. The lowest BCUT2D eigenvalue weighted by Crippen LogP contribution is -2.06. The van der Waals surface area contributed by atoms with Gasteiger partial charge < -0.3 is 9.26 Å². The summed E-state index contributed by atoms with van der Waals surface area (Å²) in [6, 6.07) is 16.7. The fraction of sp³-hybridized carbons (Fsp3) is 0.115. The molecule has 2 aromatic heterocycles. The smallest absolute Gasteiger partial charge is 0.181 e. The quantitative estimate of drug-likeness (QED) is 0.264. The van der Waals surface area contributed by atoms with Crippen LogP contribution in [-0.4, -0.2) is 26.7 Å². The molecule has 3 aromatic carbocycles. The van der Waals surface area contributed by atoms with Crippen LogP contribution in [0.25, 0.3) is 33.2 Å². The summed E-state index contributed by atoms with van der Waals surface area (Å²) in [6.45, 7) is 1.99. The first-order valence-electron chi connectivity index (χ1n) is 11.0. The van der Waals surface area contributed by atoms with Gasteiger partial charge in [-0.15, -0.1) is 0 Å². The van der Waals surface area contributed by atoms with Gasteiger partial charge in [0, 0.05) is 33.2 Å². The summed E-state index contributed by atoms with van der Waals surface area (Å²) < 4.78 is 39.9. The average molecular weight is 523 g/mol. The second-order valence-corrected chi connectivity index (χ2v) is 9.47. The van der Waals surface area contributed by atoms with Crippen molar-refractivity contribution in [1.29, 1.82) is 0 Å². The van der Waals surface area contributed by atoms with Gasteiger partial charge in [0.25, 0.3) is 0 Å². The number of benzene rings is 3. The summed E-state index contributed by atoms with van der Waals surface area (Å²) >= 11 is 6.70. The van der Waals surface area contributed by atoms with E-state index in [4.69, 9.17) is 20.9 Å². The van der Waals surface area contributed by atoms with Crippen molar-refractivity contribution in [3.63, 3.8) is 0 Å². The first-order valence-corrected chi connectivity index (χ1v) is 12.5. The molecule has 0 aliphatic rings. The van der Waals surface area contributed by atoms with Crippen molar-refractivity contribution in [2.45, 2.75) is 18.2 Å². The molecule has 7 nitrogen and oxygen atoms in total. The third-order valence-corrected chi connectivity index (χ3v) is 7.07. The monoisotopic (exact) mass is 522 g/mol. The highest BCUT2D eigenvalue weighted by molar-refractivity contribution is 7.86. The van der Waals surface area contributed by atoms with E-state index in [-0.39, 0.29) is 5.82 Å². The standard InChI is InChI=1S/C26H20ClFN4O3S/c1-3-22-26(20-13-21(27)19(14-24(20)34-2)15-5-4-6-16(28)11-15)18-8-7-17(12-23(18)30-29-22)36(33)32-25-9-10-35-31-25/h4-14H,3H2,1-2H3,(H,31,32). The minimum atomic E-state index is -1.58. The predicted octanol–water partition coefficient (Wildman–Crippen LogP) is 6.45. The Bertz CT molecular complexity index is 1590. The number of anilines is 1. The molecule has 0 bridgehead atoms. The molecular formula is C26H20ClFN4O3S. The Morgan fingerprint density at radius 2 is 1.94 bits per heavy atom. The average Bonchev–Trinajstić information content (AvgIpc) is 3.40. The van der Waals surface area contributed by atoms with Crippen molar-refractivity contribution in [3.05, 3.63) is 83.5 Å². The Morgan fingerprint density at radius 3 is 2.67 bits per heavy atom. The molecule has 0 saturated heterocycles. The molecule has 1 unspecified atom stereocenters. The van der Waals surface area contributed by atoms with Crippen LogP contribution in [0.3, 0.4) is 0 Å². The van der Waals surface area contributed by atoms with Gasteiger partial charge in [0.1, 0.15) is 17.8 Å². The fourth-order valence-electron chi connectivity index (χ4n) is 4.00. The van der Waals surface area contributed by atoms with E-state index >= 15 is 0 Å². The first-order chi connectivity index (χ1) is 17.5. The predicted molar refractivity (Wildman–Crippen MR) is 138 cm³/mol. The number of fused-ring (bicyclic) bond motifs is 1. The van der Waals surface area contributed by atoms with Gasteiger partial charge in [-0.3, -0.25) is 4.72 Å². The topological polar surface area (TPSA) is 90.1 Å². The van der Waals surface area contributed by atoms with Crippen molar-refractivity contribution in [3.8, 4) is 28.0 Å². The number of aromatic nitrogens is 3. The van der Waals surface area contributed by atoms with E-state index < -0.39 is 11.0 Å². The van der Waals surface area contributed by atoms with Crippen LogP contribution in [0.15, 0.2) is 76.3 Å². The van der Waals surface area contributed by atoms with Gasteiger partial charge in [0.2, 0.25) is 0 Å². The normalized spacial score (nSPS) is 12.0. The maximum atomic E-state index is 13.9. The van der Waals surface area contributed by atoms with Crippen LogP contribution >= 0.6 is 11.6 Å². The number of methoxy groups -OCH3 is 1. The molecule has 2 heterocycles. The number of nitrogens with zero attached hydrogens (tertiary/aromatic N) is 3. The van der Waals surface area contributed by atoms with Gasteiger partial charge in [0.05, 0.1) is 23.2 Å². The zero-order valence-electron chi connectivity index (χ0n) is 19.3. The third-order valence-electron chi connectivity index (χ3n) is 5.68. The van der Waals surface area contributed by atoms with Crippen molar-refractivity contribution in [2.24, 2.45) is 0 Å². The number of hydrogen-bond donors (Lipinski definition) is 1. The minimum absolute atomic E-state index is 0.351. The van der Waals surface area contributed by atoms with E-state index in [0.29, 0.717) is 44.5 Å². The van der Waals surface area contributed by atoms with Gasteiger partial charge in [-0.25, -0.2) is 8.60 Å². The van der Waals surface area contributed by atoms with Crippen LogP contribution in [0.2, 0.25) is 5.02 Å². The van der Waals surface area contributed by atoms with E-state index in [1.807, 2.05) is 13.0 Å². The highest BCUT2D eigenvalue weighted by atomic mass is 35.5. The lowest BCUT2D eigenvalue weighted by Gasteiger charge is -2.17. The lowest BCUT2D eigenvalue weighted by molar-refractivity contribution is 0.416. The van der Waals surface area contributed by atoms with Crippen LogP contribution in [0, 0.1) is 5.82 Å². The second kappa shape index (κ2) is 10.0. The van der Waals surface area contributed by atoms with Crippen LogP contribution in [0.5, 0.6) is 5.75 Å². The highest BCUT2D eigenvalue weighted by Gasteiger charge is 2.20. The van der Waals surface area contributed by atoms with Crippen molar-refractivity contribution in [1.82, 2.24) is 15.4 Å². The molecular weight excluding hydrogens is 503 g/mol. The van der Waals surface area contributed by atoms with Gasteiger partial charge in [-0.05, 0) is 48.4 Å². The number of ether oxygens (including phenoxy) is 1. The van der Waals surface area contributed by atoms with Crippen LogP contribution in [0.1, 0.15) is 12.6 Å². The number of nitrogens with one attached hydrogen (secondary N) is 1. The van der Waals surface area contributed by atoms with Gasteiger partial charge in [0.15, 0.2) is 16.8 Å². The fourth-order valence-corrected chi connectivity index (χ4v) is 5.10. The molecule has 0 spiro atoms. The zero-order valence-corrected chi connectivity index (χ0v) is 20.9. The highest BCUT2D eigenvalue weighted by Crippen LogP contribution is 2.42. The maximum absolute atomic E-state index is 13.9.